The number of hydrogen-bond acceptors (Lipinski definition) is 4. The van der Waals surface area contributed by atoms with Gasteiger partial charge in [-0.2, -0.15) is 4.98 Å². The molecule has 0 radical (unpaired) electrons. The molecule has 0 aliphatic heterocycles. The zero-order chi connectivity index (χ0) is 15.0. The van der Waals surface area contributed by atoms with E-state index in [0.29, 0.717) is 11.5 Å². The van der Waals surface area contributed by atoms with E-state index >= 15 is 0 Å². The number of anilines is 2. The summed E-state index contributed by atoms with van der Waals surface area (Å²) < 4.78 is 13.9. The maximum atomic E-state index is 13.9. The van der Waals surface area contributed by atoms with Gasteiger partial charge in [-0.1, -0.05) is 13.0 Å². The molecular weight excluding hydrogens is 309 g/mol. The number of aryl methyl sites for hydroxylation is 2. The van der Waals surface area contributed by atoms with Crippen LogP contribution < -0.4 is 5.32 Å². The first kappa shape index (κ1) is 14.2. The number of nitrogens with zero attached hydrogens (tertiary/aromatic N) is 2. The van der Waals surface area contributed by atoms with Crippen LogP contribution in [-0.2, 0) is 6.42 Å². The molecule has 6 heteroatoms. The molecule has 3 aromatic rings. The molecule has 108 valence electrons. The van der Waals surface area contributed by atoms with Gasteiger partial charge in [0.25, 0.3) is 0 Å². The standard InChI is InChI=1S/C15H13ClFN3S/c1-3-9-7-10-13(19-15(16)20-14(10)21-9)18-12-6-8(2)4-5-11(12)17/h4-7H,3H2,1-2H3,(H,18,19,20). The molecular formula is C15H13ClFN3S. The van der Waals surface area contributed by atoms with Crippen molar-refractivity contribution in [2.45, 2.75) is 20.3 Å². The summed E-state index contributed by atoms with van der Waals surface area (Å²) in [5, 5.41) is 4.05. The number of rotatable bonds is 3. The highest BCUT2D eigenvalue weighted by Crippen LogP contribution is 2.32. The number of thiophene rings is 1. The van der Waals surface area contributed by atoms with Crippen molar-refractivity contribution in [3.8, 4) is 0 Å². The molecule has 0 bridgehead atoms. The second kappa shape index (κ2) is 5.58. The highest BCUT2D eigenvalue weighted by Gasteiger charge is 2.12. The van der Waals surface area contributed by atoms with Crippen molar-refractivity contribution in [3.63, 3.8) is 0 Å². The number of halogens is 2. The normalized spacial score (nSPS) is 11.0. The highest BCUT2D eigenvalue weighted by atomic mass is 35.5. The zero-order valence-electron chi connectivity index (χ0n) is 11.6. The SMILES string of the molecule is CCc1cc2c(Nc3cc(C)ccc3F)nc(Cl)nc2s1. The molecule has 3 nitrogen and oxygen atoms in total. The lowest BCUT2D eigenvalue weighted by atomic mass is 10.2. The molecule has 21 heavy (non-hydrogen) atoms. The van der Waals surface area contributed by atoms with Gasteiger partial charge in [-0.3, -0.25) is 0 Å². The van der Waals surface area contributed by atoms with Crippen molar-refractivity contribution >= 4 is 44.7 Å². The van der Waals surface area contributed by atoms with Crippen LogP contribution in [0.5, 0.6) is 0 Å². The van der Waals surface area contributed by atoms with Crippen molar-refractivity contribution in [2.75, 3.05) is 5.32 Å². The van der Waals surface area contributed by atoms with E-state index in [0.717, 1.165) is 22.2 Å². The average Bonchev–Trinajstić information content (AvgIpc) is 2.86. The van der Waals surface area contributed by atoms with Crippen LogP contribution in [0, 0.1) is 12.7 Å². The van der Waals surface area contributed by atoms with Crippen LogP contribution in [0.3, 0.4) is 0 Å². The molecule has 1 N–H and O–H groups in total. The summed E-state index contributed by atoms with van der Waals surface area (Å²) in [5.74, 6) is 0.208. The first-order chi connectivity index (χ1) is 10.1. The monoisotopic (exact) mass is 321 g/mol. The molecule has 0 unspecified atom stereocenters. The molecule has 0 saturated carbocycles. The van der Waals surface area contributed by atoms with Crippen molar-refractivity contribution in [2.24, 2.45) is 0 Å². The van der Waals surface area contributed by atoms with E-state index < -0.39 is 0 Å². The van der Waals surface area contributed by atoms with Crippen LogP contribution in [0.15, 0.2) is 24.3 Å². The third-order valence-corrected chi connectivity index (χ3v) is 4.48. The molecule has 0 aliphatic rings. The number of aromatic nitrogens is 2. The molecule has 0 atom stereocenters. The Kier molecular flexibility index (Phi) is 3.78. The highest BCUT2D eigenvalue weighted by molar-refractivity contribution is 7.18. The minimum atomic E-state index is -0.325. The zero-order valence-corrected chi connectivity index (χ0v) is 13.1. The summed E-state index contributed by atoms with van der Waals surface area (Å²) in [7, 11) is 0. The van der Waals surface area contributed by atoms with Gasteiger partial charge >= 0.3 is 0 Å². The fourth-order valence-electron chi connectivity index (χ4n) is 2.08. The van der Waals surface area contributed by atoms with Crippen molar-refractivity contribution in [1.82, 2.24) is 9.97 Å². The van der Waals surface area contributed by atoms with E-state index in [4.69, 9.17) is 11.6 Å². The summed E-state index contributed by atoms with van der Waals surface area (Å²) in [6, 6.07) is 6.92. The van der Waals surface area contributed by atoms with E-state index in [1.165, 1.54) is 10.9 Å². The molecule has 0 fully saturated rings. The van der Waals surface area contributed by atoms with E-state index in [1.54, 1.807) is 23.5 Å². The van der Waals surface area contributed by atoms with Gasteiger partial charge in [-0.15, -0.1) is 11.3 Å². The Balaban J connectivity index is 2.11. The predicted octanol–water partition coefficient (Wildman–Crippen LogP) is 5.10. The molecule has 1 aromatic carbocycles. The number of nitrogens with one attached hydrogen (secondary N) is 1. The number of hydrogen-bond donors (Lipinski definition) is 1. The van der Waals surface area contributed by atoms with Crippen LogP contribution in [0.4, 0.5) is 15.9 Å². The summed E-state index contributed by atoms with van der Waals surface area (Å²) in [6.45, 7) is 3.99. The van der Waals surface area contributed by atoms with Gasteiger partial charge in [0.2, 0.25) is 5.28 Å². The minimum absolute atomic E-state index is 0.155. The Morgan fingerprint density at radius 2 is 2.10 bits per heavy atom. The second-order valence-corrected chi connectivity index (χ2v) is 6.19. The molecule has 2 aromatic heterocycles. The first-order valence-electron chi connectivity index (χ1n) is 6.56. The average molecular weight is 322 g/mol. The summed E-state index contributed by atoms with van der Waals surface area (Å²) >= 11 is 7.54. The number of fused-ring (bicyclic) bond motifs is 1. The molecule has 2 heterocycles. The fourth-order valence-corrected chi connectivity index (χ4v) is 3.26. The maximum Gasteiger partial charge on any atom is 0.225 e. The first-order valence-corrected chi connectivity index (χ1v) is 7.75. The Morgan fingerprint density at radius 1 is 1.29 bits per heavy atom. The molecule has 3 rings (SSSR count). The Bertz CT molecular complexity index is 816. The smallest absolute Gasteiger partial charge is 0.225 e. The van der Waals surface area contributed by atoms with Crippen molar-refractivity contribution in [3.05, 3.63) is 45.8 Å². The van der Waals surface area contributed by atoms with Gasteiger partial charge in [0.15, 0.2) is 0 Å². The topological polar surface area (TPSA) is 37.8 Å². The Hall–Kier alpha value is -1.72. The Labute approximate surface area is 130 Å². The minimum Gasteiger partial charge on any atom is -0.337 e. The fraction of sp³-hybridized carbons (Fsp3) is 0.200. The van der Waals surface area contributed by atoms with E-state index in [1.807, 2.05) is 13.0 Å². The van der Waals surface area contributed by atoms with Gasteiger partial charge in [-0.05, 0) is 48.7 Å². The van der Waals surface area contributed by atoms with Crippen molar-refractivity contribution < 1.29 is 4.39 Å². The van der Waals surface area contributed by atoms with Gasteiger partial charge in [0.05, 0.1) is 11.1 Å². The van der Waals surface area contributed by atoms with Crippen LogP contribution >= 0.6 is 22.9 Å². The lowest BCUT2D eigenvalue weighted by Crippen LogP contribution is -1.98. The van der Waals surface area contributed by atoms with Crippen molar-refractivity contribution in [1.29, 1.82) is 0 Å². The van der Waals surface area contributed by atoms with E-state index in [-0.39, 0.29) is 11.1 Å². The van der Waals surface area contributed by atoms with E-state index in [2.05, 4.69) is 22.2 Å². The van der Waals surface area contributed by atoms with Gasteiger partial charge in [-0.25, -0.2) is 9.37 Å². The Morgan fingerprint density at radius 3 is 2.86 bits per heavy atom. The van der Waals surface area contributed by atoms with Crippen LogP contribution in [0.2, 0.25) is 5.28 Å². The molecule has 0 aliphatic carbocycles. The lowest BCUT2D eigenvalue weighted by molar-refractivity contribution is 0.631. The van der Waals surface area contributed by atoms with Crippen LogP contribution in [-0.4, -0.2) is 9.97 Å². The van der Waals surface area contributed by atoms with Gasteiger partial charge in [0.1, 0.15) is 16.5 Å². The third-order valence-electron chi connectivity index (χ3n) is 3.14. The van der Waals surface area contributed by atoms with Crippen LogP contribution in [0.1, 0.15) is 17.4 Å². The molecule has 0 spiro atoms. The van der Waals surface area contributed by atoms with E-state index in [9.17, 15) is 4.39 Å². The molecule has 0 saturated heterocycles. The third kappa shape index (κ3) is 2.84. The maximum absolute atomic E-state index is 13.9. The van der Waals surface area contributed by atoms with Gasteiger partial charge in [0, 0.05) is 4.88 Å². The predicted molar refractivity (Wildman–Crippen MR) is 86.2 cm³/mol. The number of benzene rings is 1. The second-order valence-electron chi connectivity index (χ2n) is 4.73. The quantitative estimate of drug-likeness (QED) is 0.682. The lowest BCUT2D eigenvalue weighted by Gasteiger charge is -2.09. The largest absolute Gasteiger partial charge is 0.337 e. The summed E-state index contributed by atoms with van der Waals surface area (Å²) in [6.07, 6.45) is 0.914. The van der Waals surface area contributed by atoms with Crippen LogP contribution in [0.25, 0.3) is 10.2 Å². The van der Waals surface area contributed by atoms with Gasteiger partial charge < -0.3 is 5.32 Å². The molecule has 0 amide bonds. The summed E-state index contributed by atoms with van der Waals surface area (Å²) in [5.41, 5.74) is 1.35. The summed E-state index contributed by atoms with van der Waals surface area (Å²) in [4.78, 5) is 10.4.